The van der Waals surface area contributed by atoms with Crippen LogP contribution in [-0.4, -0.2) is 38.6 Å². The first-order valence-electron chi connectivity index (χ1n) is 7.02. The number of rotatable bonds is 3. The SMILES string of the molecule is O=C(O)c1cc(C(=O)N2CCCC2c2cc(Cl)ccc2F)n[nH]1. The van der Waals surface area contributed by atoms with E-state index in [1.165, 1.54) is 29.2 Å². The number of carbonyl (C=O) groups excluding carboxylic acids is 1. The summed E-state index contributed by atoms with van der Waals surface area (Å²) in [5, 5.41) is 15.3. The Bertz CT molecular complexity index is 777. The van der Waals surface area contributed by atoms with E-state index in [9.17, 15) is 14.0 Å². The quantitative estimate of drug-likeness (QED) is 0.901. The lowest BCUT2D eigenvalue weighted by Crippen LogP contribution is -2.31. The van der Waals surface area contributed by atoms with Crippen molar-refractivity contribution in [3.63, 3.8) is 0 Å². The predicted molar refractivity (Wildman–Crippen MR) is 80.0 cm³/mol. The van der Waals surface area contributed by atoms with Crippen molar-refractivity contribution in [2.45, 2.75) is 18.9 Å². The van der Waals surface area contributed by atoms with Crippen LogP contribution in [-0.2, 0) is 0 Å². The lowest BCUT2D eigenvalue weighted by atomic mass is 10.0. The number of carboxylic acids is 1. The summed E-state index contributed by atoms with van der Waals surface area (Å²) in [5.74, 6) is -2.06. The molecule has 1 fully saturated rings. The third-order valence-electron chi connectivity index (χ3n) is 3.86. The molecule has 1 aromatic heterocycles. The van der Waals surface area contributed by atoms with Crippen molar-refractivity contribution in [1.82, 2.24) is 15.1 Å². The van der Waals surface area contributed by atoms with Crippen molar-refractivity contribution >= 4 is 23.5 Å². The summed E-state index contributed by atoms with van der Waals surface area (Å²) in [6.07, 6.45) is 1.33. The molecule has 120 valence electrons. The number of carbonyl (C=O) groups is 2. The van der Waals surface area contributed by atoms with Crippen LogP contribution in [0, 0.1) is 5.82 Å². The molecule has 2 heterocycles. The Hall–Kier alpha value is -2.41. The minimum atomic E-state index is -1.20. The van der Waals surface area contributed by atoms with Gasteiger partial charge >= 0.3 is 5.97 Å². The van der Waals surface area contributed by atoms with Crippen LogP contribution < -0.4 is 0 Å². The molecule has 1 saturated heterocycles. The van der Waals surface area contributed by atoms with Gasteiger partial charge in [0, 0.05) is 23.2 Å². The molecule has 6 nitrogen and oxygen atoms in total. The zero-order chi connectivity index (χ0) is 16.6. The van der Waals surface area contributed by atoms with Gasteiger partial charge in [-0.25, -0.2) is 9.18 Å². The summed E-state index contributed by atoms with van der Waals surface area (Å²) >= 11 is 5.92. The molecule has 1 atom stereocenters. The van der Waals surface area contributed by atoms with E-state index in [1.807, 2.05) is 0 Å². The Morgan fingerprint density at radius 1 is 1.39 bits per heavy atom. The number of aromatic carboxylic acids is 1. The van der Waals surface area contributed by atoms with Gasteiger partial charge in [0.2, 0.25) is 0 Å². The molecule has 3 rings (SSSR count). The Morgan fingerprint density at radius 3 is 2.87 bits per heavy atom. The second-order valence-corrected chi connectivity index (χ2v) is 5.73. The molecule has 0 aliphatic carbocycles. The molecule has 1 unspecified atom stereocenters. The lowest BCUT2D eigenvalue weighted by molar-refractivity contribution is 0.0689. The molecular weight excluding hydrogens is 325 g/mol. The molecular formula is C15H13ClFN3O3. The highest BCUT2D eigenvalue weighted by atomic mass is 35.5. The molecule has 0 radical (unpaired) electrons. The average molecular weight is 338 g/mol. The molecule has 0 saturated carbocycles. The van der Waals surface area contributed by atoms with Crippen LogP contribution in [0.25, 0.3) is 0 Å². The van der Waals surface area contributed by atoms with Gasteiger partial charge in [0.25, 0.3) is 5.91 Å². The van der Waals surface area contributed by atoms with Crippen molar-refractivity contribution in [2.75, 3.05) is 6.54 Å². The van der Waals surface area contributed by atoms with E-state index < -0.39 is 23.7 Å². The van der Waals surface area contributed by atoms with Crippen molar-refractivity contribution in [3.05, 3.63) is 52.1 Å². The molecule has 1 aliphatic heterocycles. The lowest BCUT2D eigenvalue weighted by Gasteiger charge is -2.24. The summed E-state index contributed by atoms with van der Waals surface area (Å²) in [7, 11) is 0. The fourth-order valence-corrected chi connectivity index (χ4v) is 2.97. The van der Waals surface area contributed by atoms with Gasteiger partial charge in [-0.05, 0) is 31.0 Å². The van der Waals surface area contributed by atoms with E-state index in [4.69, 9.17) is 16.7 Å². The second-order valence-electron chi connectivity index (χ2n) is 5.29. The Morgan fingerprint density at radius 2 is 2.17 bits per heavy atom. The average Bonchev–Trinajstić information content (AvgIpc) is 3.17. The zero-order valence-electron chi connectivity index (χ0n) is 11.9. The van der Waals surface area contributed by atoms with Crippen molar-refractivity contribution in [2.24, 2.45) is 0 Å². The minimum Gasteiger partial charge on any atom is -0.477 e. The molecule has 1 aliphatic rings. The Labute approximate surface area is 135 Å². The van der Waals surface area contributed by atoms with Crippen molar-refractivity contribution in [1.29, 1.82) is 0 Å². The number of hydrogen-bond acceptors (Lipinski definition) is 3. The van der Waals surface area contributed by atoms with Crippen LogP contribution in [0.1, 0.15) is 45.4 Å². The highest BCUT2D eigenvalue weighted by Crippen LogP contribution is 2.35. The first-order chi connectivity index (χ1) is 11.0. The Balaban J connectivity index is 1.90. The predicted octanol–water partition coefficient (Wildman–Crippen LogP) is 2.88. The van der Waals surface area contributed by atoms with Crippen molar-refractivity contribution in [3.8, 4) is 0 Å². The van der Waals surface area contributed by atoms with Gasteiger partial charge in [0.1, 0.15) is 11.5 Å². The van der Waals surface area contributed by atoms with E-state index in [1.54, 1.807) is 0 Å². The number of hydrogen-bond donors (Lipinski definition) is 2. The van der Waals surface area contributed by atoms with Crippen LogP contribution >= 0.6 is 11.6 Å². The minimum absolute atomic E-state index is 0.00302. The maximum absolute atomic E-state index is 14.1. The van der Waals surface area contributed by atoms with E-state index in [2.05, 4.69) is 10.2 Å². The van der Waals surface area contributed by atoms with Gasteiger partial charge < -0.3 is 10.0 Å². The van der Waals surface area contributed by atoms with Crippen molar-refractivity contribution < 1.29 is 19.1 Å². The van der Waals surface area contributed by atoms with Crippen LogP contribution in [0.2, 0.25) is 5.02 Å². The van der Waals surface area contributed by atoms with Gasteiger partial charge in [-0.15, -0.1) is 0 Å². The van der Waals surface area contributed by atoms with Gasteiger partial charge in [-0.3, -0.25) is 9.89 Å². The number of aromatic nitrogens is 2. The first-order valence-corrected chi connectivity index (χ1v) is 7.40. The normalized spacial score (nSPS) is 17.5. The van der Waals surface area contributed by atoms with Crippen LogP contribution in [0.15, 0.2) is 24.3 Å². The number of amides is 1. The Kier molecular flexibility index (Phi) is 4.04. The highest BCUT2D eigenvalue weighted by molar-refractivity contribution is 6.30. The standard InChI is InChI=1S/C15H13ClFN3O3/c16-8-3-4-10(17)9(6-8)13-2-1-5-20(13)14(21)11-7-12(15(22)23)19-18-11/h3-4,6-7,13H,1-2,5H2,(H,18,19)(H,22,23). The molecule has 8 heteroatoms. The summed E-state index contributed by atoms with van der Waals surface area (Å²) in [4.78, 5) is 24.9. The van der Waals surface area contributed by atoms with E-state index in [0.29, 0.717) is 23.6 Å². The summed E-state index contributed by atoms with van der Waals surface area (Å²) in [5.41, 5.74) is 0.187. The zero-order valence-corrected chi connectivity index (χ0v) is 12.7. The number of likely N-dealkylation sites (tertiary alicyclic amines) is 1. The number of aromatic amines is 1. The van der Waals surface area contributed by atoms with Crippen LogP contribution in [0.3, 0.4) is 0 Å². The fraction of sp³-hybridized carbons (Fsp3) is 0.267. The maximum Gasteiger partial charge on any atom is 0.353 e. The first kappa shape index (κ1) is 15.5. The monoisotopic (exact) mass is 337 g/mol. The topological polar surface area (TPSA) is 86.3 Å². The second kappa shape index (κ2) is 6.00. The third kappa shape index (κ3) is 2.92. The number of nitrogens with one attached hydrogen (secondary N) is 1. The number of halogens is 2. The van der Waals surface area contributed by atoms with Gasteiger partial charge in [-0.2, -0.15) is 5.10 Å². The van der Waals surface area contributed by atoms with E-state index in [-0.39, 0.29) is 11.4 Å². The molecule has 2 N–H and O–H groups in total. The summed E-state index contributed by atoms with van der Waals surface area (Å²) in [6, 6.07) is 4.98. The van der Waals surface area contributed by atoms with E-state index >= 15 is 0 Å². The number of H-pyrrole nitrogens is 1. The third-order valence-corrected chi connectivity index (χ3v) is 4.09. The fourth-order valence-electron chi connectivity index (χ4n) is 2.79. The van der Waals surface area contributed by atoms with Gasteiger partial charge in [0.05, 0.1) is 6.04 Å². The molecule has 2 aromatic rings. The highest BCUT2D eigenvalue weighted by Gasteiger charge is 2.33. The molecule has 1 amide bonds. The van der Waals surface area contributed by atoms with Gasteiger partial charge in [-0.1, -0.05) is 11.6 Å². The molecule has 0 bridgehead atoms. The largest absolute Gasteiger partial charge is 0.477 e. The number of carboxylic acid groups (broad SMARTS) is 1. The van der Waals surface area contributed by atoms with E-state index in [0.717, 1.165) is 6.42 Å². The molecule has 23 heavy (non-hydrogen) atoms. The summed E-state index contributed by atoms with van der Waals surface area (Å²) in [6.45, 7) is 0.449. The molecule has 0 spiro atoms. The smallest absolute Gasteiger partial charge is 0.353 e. The molecule has 1 aromatic carbocycles. The van der Waals surface area contributed by atoms with Crippen LogP contribution in [0.5, 0.6) is 0 Å². The van der Waals surface area contributed by atoms with Crippen LogP contribution in [0.4, 0.5) is 4.39 Å². The summed E-state index contributed by atoms with van der Waals surface area (Å²) < 4.78 is 14.1. The number of nitrogens with zero attached hydrogens (tertiary/aromatic N) is 2. The number of benzene rings is 1. The van der Waals surface area contributed by atoms with Gasteiger partial charge in [0.15, 0.2) is 5.69 Å². The maximum atomic E-state index is 14.1.